The van der Waals surface area contributed by atoms with Gasteiger partial charge >= 0.3 is 0 Å². The normalized spacial score (nSPS) is 11.3. The van der Waals surface area contributed by atoms with Crippen LogP contribution in [0.4, 0.5) is 10.2 Å². The number of nitrogens with zero attached hydrogens (tertiary/aromatic N) is 2. The van der Waals surface area contributed by atoms with Gasteiger partial charge in [0.1, 0.15) is 5.82 Å². The first-order valence-corrected chi connectivity index (χ1v) is 5.65. The lowest BCUT2D eigenvalue weighted by Gasteiger charge is -2.26. The van der Waals surface area contributed by atoms with E-state index in [9.17, 15) is 9.18 Å². The van der Waals surface area contributed by atoms with Crippen molar-refractivity contribution in [3.63, 3.8) is 0 Å². The van der Waals surface area contributed by atoms with Crippen molar-refractivity contribution in [1.29, 1.82) is 0 Å². The van der Waals surface area contributed by atoms with E-state index in [0.717, 1.165) is 0 Å². The number of carbonyl (C=O) groups excluding carboxylic acids is 1. The van der Waals surface area contributed by atoms with Gasteiger partial charge in [0.05, 0.1) is 5.54 Å². The third-order valence-corrected chi connectivity index (χ3v) is 2.76. The number of aromatic amines is 1. The number of amides is 1. The molecule has 4 N–H and O–H groups in total. The van der Waals surface area contributed by atoms with E-state index < -0.39 is 11.4 Å². The van der Waals surface area contributed by atoms with Crippen LogP contribution in [0.1, 0.15) is 29.9 Å². The zero-order chi connectivity index (χ0) is 14.0. The summed E-state index contributed by atoms with van der Waals surface area (Å²) in [5, 5.41) is 12.1. The summed E-state index contributed by atoms with van der Waals surface area (Å²) < 4.78 is 13.7. The summed E-state index contributed by atoms with van der Waals surface area (Å²) >= 11 is 0. The number of anilines is 1. The van der Waals surface area contributed by atoms with E-state index in [1.54, 1.807) is 32.0 Å². The molecular weight excluding hydrogens is 249 g/mol. The number of benzene rings is 1. The van der Waals surface area contributed by atoms with Crippen molar-refractivity contribution in [3.05, 3.63) is 41.3 Å². The van der Waals surface area contributed by atoms with Crippen molar-refractivity contribution >= 4 is 11.7 Å². The van der Waals surface area contributed by atoms with Crippen LogP contribution in [0.15, 0.2) is 24.3 Å². The number of nitrogens with one attached hydrogen (secondary N) is 2. The Morgan fingerprint density at radius 1 is 1.37 bits per heavy atom. The van der Waals surface area contributed by atoms with Crippen LogP contribution in [0.5, 0.6) is 0 Å². The molecule has 100 valence electrons. The topological polar surface area (TPSA) is 96.7 Å². The number of hydrogen-bond donors (Lipinski definition) is 3. The molecule has 0 saturated carbocycles. The van der Waals surface area contributed by atoms with Gasteiger partial charge in [-0.2, -0.15) is 5.21 Å². The first kappa shape index (κ1) is 13.0. The fourth-order valence-corrected chi connectivity index (χ4v) is 1.78. The van der Waals surface area contributed by atoms with Gasteiger partial charge < -0.3 is 11.1 Å². The predicted molar refractivity (Wildman–Crippen MR) is 67.7 cm³/mol. The maximum absolute atomic E-state index is 13.7. The fraction of sp³-hybridized carbons (Fsp3) is 0.250. The molecule has 2 rings (SSSR count). The van der Waals surface area contributed by atoms with E-state index in [4.69, 9.17) is 5.73 Å². The summed E-state index contributed by atoms with van der Waals surface area (Å²) in [5.41, 5.74) is 4.96. The summed E-state index contributed by atoms with van der Waals surface area (Å²) in [5.74, 6) is -0.901. The van der Waals surface area contributed by atoms with E-state index in [1.165, 1.54) is 6.07 Å². The van der Waals surface area contributed by atoms with E-state index in [2.05, 4.69) is 20.7 Å². The minimum atomic E-state index is -0.895. The Morgan fingerprint density at radius 2 is 2.05 bits per heavy atom. The van der Waals surface area contributed by atoms with Gasteiger partial charge in [-0.25, -0.2) is 4.39 Å². The average molecular weight is 263 g/mol. The Hall–Kier alpha value is -2.44. The standard InChI is InChI=1S/C12H14FN5O/c1-12(2,7-5-3-4-6-8(7)13)15-11(19)9-10(14)17-18-16-9/h3-6H,1-2H3,(H,15,19)(H3,14,16,17,18). The summed E-state index contributed by atoms with van der Waals surface area (Å²) in [7, 11) is 0. The molecule has 7 heteroatoms. The molecule has 0 aliphatic rings. The van der Waals surface area contributed by atoms with Crippen molar-refractivity contribution in [2.24, 2.45) is 0 Å². The molecule has 0 radical (unpaired) electrons. The van der Waals surface area contributed by atoms with E-state index >= 15 is 0 Å². The summed E-state index contributed by atoms with van der Waals surface area (Å²) in [6.07, 6.45) is 0. The maximum atomic E-state index is 13.7. The Balaban J connectivity index is 2.25. The summed E-state index contributed by atoms with van der Waals surface area (Å²) in [4.78, 5) is 12.0. The minimum absolute atomic E-state index is 0.00170. The Morgan fingerprint density at radius 3 is 2.63 bits per heavy atom. The van der Waals surface area contributed by atoms with Gasteiger partial charge in [0.25, 0.3) is 5.91 Å². The number of hydrogen-bond acceptors (Lipinski definition) is 4. The van der Waals surface area contributed by atoms with Crippen LogP contribution in [-0.2, 0) is 5.54 Å². The monoisotopic (exact) mass is 263 g/mol. The van der Waals surface area contributed by atoms with Crippen molar-refractivity contribution in [1.82, 2.24) is 20.7 Å². The number of nitrogens with two attached hydrogens (primary N) is 1. The second-order valence-electron chi connectivity index (χ2n) is 4.62. The van der Waals surface area contributed by atoms with Crippen LogP contribution in [0.3, 0.4) is 0 Å². The van der Waals surface area contributed by atoms with Gasteiger partial charge in [-0.3, -0.25) is 4.79 Å². The second kappa shape index (κ2) is 4.68. The molecule has 2 aromatic rings. The molecule has 0 fully saturated rings. The van der Waals surface area contributed by atoms with E-state index in [0.29, 0.717) is 5.56 Å². The third kappa shape index (κ3) is 2.54. The number of H-pyrrole nitrogens is 1. The van der Waals surface area contributed by atoms with Crippen LogP contribution < -0.4 is 11.1 Å². The second-order valence-corrected chi connectivity index (χ2v) is 4.62. The molecule has 1 heterocycles. The lowest BCUT2D eigenvalue weighted by molar-refractivity contribution is 0.0906. The van der Waals surface area contributed by atoms with E-state index in [1.807, 2.05) is 0 Å². The van der Waals surface area contributed by atoms with Crippen molar-refractivity contribution in [2.75, 3.05) is 5.73 Å². The number of nitrogen functional groups attached to an aromatic ring is 1. The van der Waals surface area contributed by atoms with Crippen molar-refractivity contribution in [2.45, 2.75) is 19.4 Å². The molecule has 1 aromatic heterocycles. The van der Waals surface area contributed by atoms with Gasteiger partial charge in [-0.05, 0) is 19.9 Å². The van der Waals surface area contributed by atoms with Crippen LogP contribution >= 0.6 is 0 Å². The summed E-state index contributed by atoms with van der Waals surface area (Å²) in [6.45, 7) is 3.39. The molecule has 19 heavy (non-hydrogen) atoms. The molecule has 0 atom stereocenters. The van der Waals surface area contributed by atoms with Crippen LogP contribution in [-0.4, -0.2) is 21.3 Å². The van der Waals surface area contributed by atoms with Crippen LogP contribution in [0.2, 0.25) is 0 Å². The zero-order valence-corrected chi connectivity index (χ0v) is 10.6. The SMILES string of the molecule is CC(C)(NC(=O)c1n[nH]nc1N)c1ccccc1F. The Labute approximate surface area is 109 Å². The lowest BCUT2D eigenvalue weighted by atomic mass is 9.93. The Kier molecular flexibility index (Phi) is 3.20. The molecule has 1 amide bonds. The Bertz CT molecular complexity index is 608. The highest BCUT2D eigenvalue weighted by Gasteiger charge is 2.28. The van der Waals surface area contributed by atoms with Gasteiger partial charge in [-0.1, -0.05) is 18.2 Å². The first-order valence-electron chi connectivity index (χ1n) is 5.65. The molecular formula is C12H14FN5O. The molecule has 0 spiro atoms. The first-order chi connectivity index (χ1) is 8.92. The zero-order valence-electron chi connectivity index (χ0n) is 10.6. The third-order valence-electron chi connectivity index (χ3n) is 2.76. The quantitative estimate of drug-likeness (QED) is 0.775. The minimum Gasteiger partial charge on any atom is -0.380 e. The smallest absolute Gasteiger partial charge is 0.276 e. The molecule has 1 aromatic carbocycles. The maximum Gasteiger partial charge on any atom is 0.276 e. The van der Waals surface area contributed by atoms with Crippen LogP contribution in [0.25, 0.3) is 0 Å². The number of rotatable bonds is 3. The van der Waals surface area contributed by atoms with Gasteiger partial charge in [-0.15, -0.1) is 10.2 Å². The fourth-order valence-electron chi connectivity index (χ4n) is 1.78. The largest absolute Gasteiger partial charge is 0.380 e. The molecule has 0 bridgehead atoms. The van der Waals surface area contributed by atoms with Gasteiger partial charge in [0.15, 0.2) is 11.5 Å². The average Bonchev–Trinajstić information content (AvgIpc) is 2.75. The molecule has 0 aliphatic carbocycles. The van der Waals surface area contributed by atoms with Gasteiger partial charge in [0, 0.05) is 5.56 Å². The molecule has 0 saturated heterocycles. The highest BCUT2D eigenvalue weighted by molar-refractivity contribution is 5.96. The van der Waals surface area contributed by atoms with E-state index in [-0.39, 0.29) is 17.3 Å². The number of aromatic nitrogens is 3. The highest BCUT2D eigenvalue weighted by Crippen LogP contribution is 2.23. The molecule has 6 nitrogen and oxygen atoms in total. The van der Waals surface area contributed by atoms with Gasteiger partial charge in [0.2, 0.25) is 0 Å². The van der Waals surface area contributed by atoms with Crippen LogP contribution in [0, 0.1) is 5.82 Å². The molecule has 0 aliphatic heterocycles. The highest BCUT2D eigenvalue weighted by atomic mass is 19.1. The number of carbonyl (C=O) groups is 1. The van der Waals surface area contributed by atoms with Crippen molar-refractivity contribution in [3.8, 4) is 0 Å². The van der Waals surface area contributed by atoms with Crippen molar-refractivity contribution < 1.29 is 9.18 Å². The molecule has 0 unspecified atom stereocenters. The predicted octanol–water partition coefficient (Wildman–Crippen LogP) is 1.19. The number of halogens is 1. The summed E-state index contributed by atoms with van der Waals surface area (Å²) in [6, 6.07) is 6.25. The lowest BCUT2D eigenvalue weighted by Crippen LogP contribution is -2.42.